The van der Waals surface area contributed by atoms with Gasteiger partial charge in [-0.1, -0.05) is 18.2 Å². The van der Waals surface area contributed by atoms with Crippen molar-refractivity contribution in [3.05, 3.63) is 54.2 Å². The summed E-state index contributed by atoms with van der Waals surface area (Å²) >= 11 is 0. The molecule has 2 aromatic heterocycles. The Balaban J connectivity index is 1.28. The summed E-state index contributed by atoms with van der Waals surface area (Å²) < 4.78 is 14.9. The third-order valence-corrected chi connectivity index (χ3v) is 6.18. The zero-order chi connectivity index (χ0) is 21.6. The van der Waals surface area contributed by atoms with Crippen LogP contribution in [0.2, 0.25) is 0 Å². The summed E-state index contributed by atoms with van der Waals surface area (Å²) in [7, 11) is 1.67. The molecule has 1 aromatic carbocycles. The van der Waals surface area contributed by atoms with Crippen molar-refractivity contribution in [3.8, 4) is 0 Å². The highest BCUT2D eigenvalue weighted by Crippen LogP contribution is 2.27. The second kappa shape index (κ2) is 10.1. The van der Waals surface area contributed by atoms with Crippen molar-refractivity contribution in [2.75, 3.05) is 33.4 Å². The number of benzene rings is 1. The minimum Gasteiger partial charge on any atom is -0.382 e. The first-order valence-corrected chi connectivity index (χ1v) is 11.1. The molecule has 1 fully saturated rings. The van der Waals surface area contributed by atoms with Gasteiger partial charge in [0.2, 0.25) is 5.91 Å². The minimum atomic E-state index is 0.236. The van der Waals surface area contributed by atoms with Gasteiger partial charge in [0.1, 0.15) is 12.6 Å². The third kappa shape index (κ3) is 4.99. The molecule has 0 unspecified atom stereocenters. The number of carbonyl (C=O) groups is 1. The molecule has 1 aliphatic rings. The Labute approximate surface area is 183 Å². The largest absolute Gasteiger partial charge is 0.382 e. The van der Waals surface area contributed by atoms with Crippen molar-refractivity contribution < 1.29 is 14.3 Å². The highest BCUT2D eigenvalue weighted by Gasteiger charge is 2.26. The first kappa shape index (κ1) is 21.6. The molecule has 0 saturated carbocycles. The number of amides is 1. The molecule has 0 bridgehead atoms. The van der Waals surface area contributed by atoms with Crippen LogP contribution in [0.1, 0.15) is 36.6 Å². The van der Waals surface area contributed by atoms with Crippen LogP contribution in [0.5, 0.6) is 0 Å². The van der Waals surface area contributed by atoms with Crippen molar-refractivity contribution in [1.82, 2.24) is 19.0 Å². The SMILES string of the molecule is COCCOCn1ccnc1C1CCN(C(=O)CCn2cc(C)c3ccccc32)CC1. The molecule has 0 aliphatic carbocycles. The number of para-hydroxylation sites is 1. The molecular weight excluding hydrogens is 392 g/mol. The number of hydrogen-bond acceptors (Lipinski definition) is 4. The van der Waals surface area contributed by atoms with Gasteiger partial charge in [-0.2, -0.15) is 0 Å². The van der Waals surface area contributed by atoms with Crippen LogP contribution < -0.4 is 0 Å². The fourth-order valence-corrected chi connectivity index (χ4v) is 4.47. The number of imidazole rings is 1. The number of piperidine rings is 1. The molecule has 3 heterocycles. The smallest absolute Gasteiger partial charge is 0.224 e. The normalized spacial score (nSPS) is 15.1. The minimum absolute atomic E-state index is 0.236. The molecule has 4 rings (SSSR count). The number of aryl methyl sites for hydroxylation is 2. The van der Waals surface area contributed by atoms with Gasteiger partial charge in [-0.15, -0.1) is 0 Å². The molecule has 7 heteroatoms. The summed E-state index contributed by atoms with van der Waals surface area (Å²) in [6.45, 7) is 6.05. The Hall–Kier alpha value is -2.64. The van der Waals surface area contributed by atoms with E-state index in [4.69, 9.17) is 9.47 Å². The van der Waals surface area contributed by atoms with Crippen LogP contribution in [0.15, 0.2) is 42.9 Å². The Bertz CT molecular complexity index is 1000. The predicted octanol–water partition coefficient (Wildman–Crippen LogP) is 3.56. The van der Waals surface area contributed by atoms with E-state index in [1.54, 1.807) is 7.11 Å². The van der Waals surface area contributed by atoms with Gasteiger partial charge in [0, 0.05) is 68.6 Å². The van der Waals surface area contributed by atoms with Crippen LogP contribution in [-0.2, 0) is 27.5 Å². The average Bonchev–Trinajstić information content (AvgIpc) is 3.40. The number of ether oxygens (including phenoxy) is 2. The first-order valence-electron chi connectivity index (χ1n) is 11.1. The zero-order valence-electron chi connectivity index (χ0n) is 18.5. The summed E-state index contributed by atoms with van der Waals surface area (Å²) in [5.41, 5.74) is 2.46. The quantitative estimate of drug-likeness (QED) is 0.493. The molecule has 166 valence electrons. The maximum atomic E-state index is 12.8. The van der Waals surface area contributed by atoms with Crippen molar-refractivity contribution in [1.29, 1.82) is 0 Å². The van der Waals surface area contributed by atoms with Crippen molar-refractivity contribution in [2.45, 2.75) is 45.4 Å². The molecule has 0 atom stereocenters. The lowest BCUT2D eigenvalue weighted by molar-refractivity contribution is -0.132. The summed E-state index contributed by atoms with van der Waals surface area (Å²) in [6.07, 6.45) is 8.35. The van der Waals surface area contributed by atoms with E-state index in [-0.39, 0.29) is 5.91 Å². The van der Waals surface area contributed by atoms with Crippen LogP contribution in [0.4, 0.5) is 0 Å². The van der Waals surface area contributed by atoms with Gasteiger partial charge in [0.15, 0.2) is 0 Å². The molecule has 7 nitrogen and oxygen atoms in total. The molecule has 3 aromatic rings. The van der Waals surface area contributed by atoms with E-state index in [1.165, 1.54) is 16.5 Å². The highest BCUT2D eigenvalue weighted by atomic mass is 16.5. The van der Waals surface area contributed by atoms with Gasteiger partial charge in [-0.05, 0) is 31.4 Å². The number of carbonyl (C=O) groups excluding carboxylic acids is 1. The van der Waals surface area contributed by atoms with E-state index in [9.17, 15) is 4.79 Å². The maximum Gasteiger partial charge on any atom is 0.224 e. The number of fused-ring (bicyclic) bond motifs is 1. The second-order valence-electron chi connectivity index (χ2n) is 8.21. The van der Waals surface area contributed by atoms with Crippen LogP contribution in [-0.4, -0.2) is 58.3 Å². The van der Waals surface area contributed by atoms with Crippen molar-refractivity contribution in [3.63, 3.8) is 0 Å². The molecule has 0 N–H and O–H groups in total. The van der Waals surface area contributed by atoms with Gasteiger partial charge in [0.05, 0.1) is 13.2 Å². The number of methoxy groups -OCH3 is 1. The summed E-state index contributed by atoms with van der Waals surface area (Å²) in [5, 5.41) is 1.26. The number of rotatable bonds is 9. The number of hydrogen-bond donors (Lipinski definition) is 0. The lowest BCUT2D eigenvalue weighted by Gasteiger charge is -2.32. The Morgan fingerprint density at radius 3 is 2.77 bits per heavy atom. The predicted molar refractivity (Wildman–Crippen MR) is 120 cm³/mol. The van der Waals surface area contributed by atoms with Gasteiger partial charge >= 0.3 is 0 Å². The van der Waals surface area contributed by atoms with Crippen molar-refractivity contribution in [2.24, 2.45) is 0 Å². The van der Waals surface area contributed by atoms with Crippen LogP contribution in [0, 0.1) is 6.92 Å². The molecular formula is C24H32N4O3. The third-order valence-electron chi connectivity index (χ3n) is 6.18. The molecule has 0 spiro atoms. The first-order chi connectivity index (χ1) is 15.2. The molecule has 1 amide bonds. The van der Waals surface area contributed by atoms with E-state index in [2.05, 4.69) is 51.5 Å². The summed E-state index contributed by atoms with van der Waals surface area (Å²) in [6, 6.07) is 8.38. The van der Waals surface area contributed by atoms with Crippen molar-refractivity contribution >= 4 is 16.8 Å². The van der Waals surface area contributed by atoms with E-state index in [0.717, 1.165) is 38.3 Å². The zero-order valence-corrected chi connectivity index (χ0v) is 18.5. The fraction of sp³-hybridized carbons (Fsp3) is 0.500. The Kier molecular flexibility index (Phi) is 7.04. The standard InChI is InChI=1S/C24H32N4O3/c1-19-17-27(22-6-4-3-5-21(19)22)13-9-23(29)26-11-7-20(8-12-26)24-25-10-14-28(24)18-31-16-15-30-2/h3-6,10,14,17,20H,7-9,11-13,15-16,18H2,1-2H3. The molecule has 1 aliphatic heterocycles. The molecule has 1 saturated heterocycles. The van der Waals surface area contributed by atoms with E-state index in [1.807, 2.05) is 17.3 Å². The number of likely N-dealkylation sites (tertiary alicyclic amines) is 1. The van der Waals surface area contributed by atoms with Crippen LogP contribution in [0.25, 0.3) is 10.9 Å². The summed E-state index contributed by atoms with van der Waals surface area (Å²) in [4.78, 5) is 19.4. The van der Waals surface area contributed by atoms with Crippen LogP contribution in [0.3, 0.4) is 0 Å². The van der Waals surface area contributed by atoms with E-state index < -0.39 is 0 Å². The maximum absolute atomic E-state index is 12.8. The molecule has 0 radical (unpaired) electrons. The second-order valence-corrected chi connectivity index (χ2v) is 8.21. The van der Waals surface area contributed by atoms with Gasteiger partial charge < -0.3 is 23.5 Å². The molecule has 31 heavy (non-hydrogen) atoms. The monoisotopic (exact) mass is 424 g/mol. The topological polar surface area (TPSA) is 61.5 Å². The van der Waals surface area contributed by atoms with Gasteiger partial charge in [0.25, 0.3) is 0 Å². The van der Waals surface area contributed by atoms with Crippen LogP contribution >= 0.6 is 0 Å². The van der Waals surface area contributed by atoms with E-state index in [0.29, 0.717) is 32.3 Å². The number of nitrogens with zero attached hydrogens (tertiary/aromatic N) is 4. The lowest BCUT2D eigenvalue weighted by Crippen LogP contribution is -2.38. The Morgan fingerprint density at radius 1 is 1.16 bits per heavy atom. The summed E-state index contributed by atoms with van der Waals surface area (Å²) in [5.74, 6) is 1.65. The van der Waals surface area contributed by atoms with Gasteiger partial charge in [-0.25, -0.2) is 4.98 Å². The fourth-order valence-electron chi connectivity index (χ4n) is 4.47. The highest BCUT2D eigenvalue weighted by molar-refractivity contribution is 5.84. The lowest BCUT2D eigenvalue weighted by atomic mass is 9.95. The van der Waals surface area contributed by atoms with Gasteiger partial charge in [-0.3, -0.25) is 4.79 Å². The number of aromatic nitrogens is 3. The van der Waals surface area contributed by atoms with E-state index >= 15 is 0 Å². The average molecular weight is 425 g/mol. The Morgan fingerprint density at radius 2 is 1.97 bits per heavy atom.